The number of phenols is 1. The highest BCUT2D eigenvalue weighted by molar-refractivity contribution is 5.94. The Morgan fingerprint density at radius 3 is 2.50 bits per heavy atom. The summed E-state index contributed by atoms with van der Waals surface area (Å²) in [6.07, 6.45) is 0. The summed E-state index contributed by atoms with van der Waals surface area (Å²) in [6, 6.07) is 10.3. The number of carbonyl (C=O) groups is 1. The molecule has 5 heteroatoms. The Morgan fingerprint density at radius 1 is 1.25 bits per heavy atom. The Balaban J connectivity index is 2.14. The number of aromatic hydroxyl groups is 1. The molecule has 0 atom stereocenters. The molecular weight excluding hydrogens is 259 g/mol. The van der Waals surface area contributed by atoms with Crippen LogP contribution in [-0.2, 0) is 6.54 Å². The summed E-state index contributed by atoms with van der Waals surface area (Å²) < 4.78 is 13.2. The highest BCUT2D eigenvalue weighted by Crippen LogP contribution is 2.15. The van der Waals surface area contributed by atoms with Gasteiger partial charge in [-0.05, 0) is 35.9 Å². The van der Waals surface area contributed by atoms with Crippen LogP contribution in [0, 0.1) is 5.82 Å². The van der Waals surface area contributed by atoms with Crippen molar-refractivity contribution in [2.24, 2.45) is 0 Å². The first-order valence-electron chi connectivity index (χ1n) is 6.05. The number of amides is 1. The number of nitrogens with zero attached hydrogens (tertiary/aromatic N) is 1. The summed E-state index contributed by atoms with van der Waals surface area (Å²) >= 11 is 0. The van der Waals surface area contributed by atoms with Crippen molar-refractivity contribution >= 4 is 11.6 Å². The second kappa shape index (κ2) is 5.61. The van der Waals surface area contributed by atoms with E-state index >= 15 is 0 Å². The predicted molar refractivity (Wildman–Crippen MR) is 74.7 cm³/mol. The summed E-state index contributed by atoms with van der Waals surface area (Å²) in [5.41, 5.74) is 6.82. The van der Waals surface area contributed by atoms with Crippen molar-refractivity contribution < 1.29 is 14.3 Å². The maximum Gasteiger partial charge on any atom is 0.254 e. The van der Waals surface area contributed by atoms with Crippen molar-refractivity contribution in [1.82, 2.24) is 4.90 Å². The molecule has 0 aromatic heterocycles. The van der Waals surface area contributed by atoms with Crippen LogP contribution in [-0.4, -0.2) is 23.0 Å². The van der Waals surface area contributed by atoms with E-state index in [-0.39, 0.29) is 22.9 Å². The van der Waals surface area contributed by atoms with Crippen LogP contribution in [0.25, 0.3) is 0 Å². The lowest BCUT2D eigenvalue weighted by Crippen LogP contribution is -2.26. The largest absolute Gasteiger partial charge is 0.508 e. The molecule has 20 heavy (non-hydrogen) atoms. The van der Waals surface area contributed by atoms with Gasteiger partial charge in [0.1, 0.15) is 11.6 Å². The van der Waals surface area contributed by atoms with Crippen molar-refractivity contribution in [3.05, 3.63) is 59.4 Å². The molecule has 2 rings (SSSR count). The van der Waals surface area contributed by atoms with E-state index in [0.717, 1.165) is 17.7 Å². The lowest BCUT2D eigenvalue weighted by Gasteiger charge is -2.17. The second-order valence-electron chi connectivity index (χ2n) is 4.60. The molecule has 0 spiro atoms. The zero-order valence-corrected chi connectivity index (χ0v) is 11.0. The van der Waals surface area contributed by atoms with Gasteiger partial charge >= 0.3 is 0 Å². The Bertz CT molecular complexity index is 606. The Labute approximate surface area is 116 Å². The van der Waals surface area contributed by atoms with Crippen molar-refractivity contribution in [2.75, 3.05) is 12.8 Å². The molecule has 0 fully saturated rings. The second-order valence-corrected chi connectivity index (χ2v) is 4.60. The average Bonchev–Trinajstić information content (AvgIpc) is 2.39. The molecule has 0 bridgehead atoms. The number of nitrogen functional groups attached to an aromatic ring is 1. The van der Waals surface area contributed by atoms with Gasteiger partial charge in [-0.1, -0.05) is 12.1 Å². The van der Waals surface area contributed by atoms with Gasteiger partial charge in [0.05, 0.1) is 0 Å². The minimum atomic E-state index is -0.536. The highest BCUT2D eigenvalue weighted by Gasteiger charge is 2.13. The minimum absolute atomic E-state index is 0.167. The number of rotatable bonds is 3. The lowest BCUT2D eigenvalue weighted by molar-refractivity contribution is 0.0784. The molecule has 0 saturated heterocycles. The maximum atomic E-state index is 13.2. The monoisotopic (exact) mass is 274 g/mol. The quantitative estimate of drug-likeness (QED) is 0.844. The van der Waals surface area contributed by atoms with Gasteiger partial charge in [0.15, 0.2) is 0 Å². The van der Waals surface area contributed by atoms with Crippen LogP contribution >= 0.6 is 0 Å². The molecule has 0 heterocycles. The number of carbonyl (C=O) groups excluding carboxylic acids is 1. The maximum absolute atomic E-state index is 13.2. The van der Waals surface area contributed by atoms with Gasteiger partial charge in [-0.3, -0.25) is 4.79 Å². The fourth-order valence-electron chi connectivity index (χ4n) is 1.90. The van der Waals surface area contributed by atoms with Crippen LogP contribution in [0.4, 0.5) is 10.1 Å². The van der Waals surface area contributed by atoms with Crippen LogP contribution in [0.15, 0.2) is 42.5 Å². The van der Waals surface area contributed by atoms with Crippen molar-refractivity contribution in [3.8, 4) is 5.75 Å². The molecule has 0 saturated carbocycles. The zero-order chi connectivity index (χ0) is 14.7. The van der Waals surface area contributed by atoms with E-state index in [2.05, 4.69) is 0 Å². The molecule has 2 aromatic carbocycles. The molecule has 2 aromatic rings. The Morgan fingerprint density at radius 2 is 1.90 bits per heavy atom. The van der Waals surface area contributed by atoms with Gasteiger partial charge in [-0.15, -0.1) is 0 Å². The van der Waals surface area contributed by atoms with E-state index in [1.165, 1.54) is 11.0 Å². The van der Waals surface area contributed by atoms with Crippen LogP contribution < -0.4 is 5.73 Å². The highest BCUT2D eigenvalue weighted by atomic mass is 19.1. The van der Waals surface area contributed by atoms with Gasteiger partial charge in [0.2, 0.25) is 0 Å². The number of hydrogen-bond donors (Lipinski definition) is 2. The molecule has 0 aliphatic heterocycles. The SMILES string of the molecule is CN(Cc1ccc(O)cc1)C(=O)c1cc(N)cc(F)c1. The molecule has 3 N–H and O–H groups in total. The van der Waals surface area contributed by atoms with Crippen LogP contribution in [0.1, 0.15) is 15.9 Å². The molecule has 1 amide bonds. The predicted octanol–water partition coefficient (Wildman–Crippen LogP) is 2.39. The van der Waals surface area contributed by atoms with E-state index in [1.54, 1.807) is 31.3 Å². The number of anilines is 1. The fourth-order valence-corrected chi connectivity index (χ4v) is 1.90. The van der Waals surface area contributed by atoms with Crippen LogP contribution in [0.5, 0.6) is 5.75 Å². The summed E-state index contributed by atoms with van der Waals surface area (Å²) in [5, 5.41) is 9.20. The van der Waals surface area contributed by atoms with Gasteiger partial charge in [0.25, 0.3) is 5.91 Å². The molecule has 4 nitrogen and oxygen atoms in total. The summed E-state index contributed by atoms with van der Waals surface area (Å²) in [5.74, 6) is -0.684. The first kappa shape index (κ1) is 13.9. The molecule has 104 valence electrons. The van der Waals surface area contributed by atoms with E-state index in [0.29, 0.717) is 6.54 Å². The van der Waals surface area contributed by atoms with E-state index in [1.807, 2.05) is 0 Å². The topological polar surface area (TPSA) is 66.6 Å². The van der Waals surface area contributed by atoms with E-state index in [4.69, 9.17) is 5.73 Å². The smallest absolute Gasteiger partial charge is 0.254 e. The molecule has 0 unspecified atom stereocenters. The molecular formula is C15H15FN2O2. The third-order valence-corrected chi connectivity index (χ3v) is 2.87. The van der Waals surface area contributed by atoms with Crippen LogP contribution in [0.3, 0.4) is 0 Å². The Hall–Kier alpha value is -2.56. The van der Waals surface area contributed by atoms with E-state index < -0.39 is 5.82 Å². The number of nitrogens with two attached hydrogens (primary N) is 1. The number of hydrogen-bond acceptors (Lipinski definition) is 3. The van der Waals surface area contributed by atoms with Crippen molar-refractivity contribution in [3.63, 3.8) is 0 Å². The third-order valence-electron chi connectivity index (χ3n) is 2.87. The van der Waals surface area contributed by atoms with Gasteiger partial charge < -0.3 is 15.7 Å². The molecule has 0 aliphatic rings. The van der Waals surface area contributed by atoms with Crippen molar-refractivity contribution in [1.29, 1.82) is 0 Å². The average molecular weight is 274 g/mol. The lowest BCUT2D eigenvalue weighted by atomic mass is 10.1. The van der Waals surface area contributed by atoms with Crippen molar-refractivity contribution in [2.45, 2.75) is 6.54 Å². The summed E-state index contributed by atoms with van der Waals surface area (Å²) in [6.45, 7) is 0.357. The van der Waals surface area contributed by atoms with E-state index in [9.17, 15) is 14.3 Å². The Kier molecular flexibility index (Phi) is 3.89. The summed E-state index contributed by atoms with van der Waals surface area (Å²) in [4.78, 5) is 13.6. The number of benzene rings is 2. The first-order chi connectivity index (χ1) is 9.45. The normalized spacial score (nSPS) is 10.3. The zero-order valence-electron chi connectivity index (χ0n) is 11.0. The number of halogens is 1. The standard InChI is InChI=1S/C15H15FN2O2/c1-18(9-10-2-4-14(19)5-3-10)15(20)11-6-12(16)8-13(17)7-11/h2-8,19H,9,17H2,1H3. The minimum Gasteiger partial charge on any atom is -0.508 e. The van der Waals surface area contributed by atoms with Gasteiger partial charge in [-0.25, -0.2) is 4.39 Å². The van der Waals surface area contributed by atoms with Gasteiger partial charge in [-0.2, -0.15) is 0 Å². The molecule has 0 radical (unpaired) electrons. The van der Waals surface area contributed by atoms with Crippen LogP contribution in [0.2, 0.25) is 0 Å². The number of phenolic OH excluding ortho intramolecular Hbond substituents is 1. The summed E-state index contributed by atoms with van der Waals surface area (Å²) in [7, 11) is 1.62. The first-order valence-corrected chi connectivity index (χ1v) is 6.05. The fraction of sp³-hybridized carbons (Fsp3) is 0.133. The third kappa shape index (κ3) is 3.26. The van der Waals surface area contributed by atoms with Gasteiger partial charge in [0, 0.05) is 24.8 Å². The molecule has 0 aliphatic carbocycles.